The van der Waals surface area contributed by atoms with Gasteiger partial charge in [-0.1, -0.05) is 11.2 Å². The summed E-state index contributed by atoms with van der Waals surface area (Å²) in [6, 6.07) is 7.62. The SMILES string of the molecule is [CH2]c1cccc(-c2cnc(OC(C)c3ccon3)nc2)n1. The van der Waals surface area contributed by atoms with Gasteiger partial charge >= 0.3 is 6.01 Å². The van der Waals surface area contributed by atoms with Crippen LogP contribution in [0.15, 0.2) is 47.4 Å². The number of rotatable bonds is 4. The zero-order valence-electron chi connectivity index (χ0n) is 11.4. The highest BCUT2D eigenvalue weighted by molar-refractivity contribution is 5.56. The first kappa shape index (κ1) is 13.2. The van der Waals surface area contributed by atoms with E-state index < -0.39 is 0 Å². The van der Waals surface area contributed by atoms with Crippen LogP contribution in [0.2, 0.25) is 0 Å². The Morgan fingerprint density at radius 1 is 1.19 bits per heavy atom. The Morgan fingerprint density at radius 2 is 2.00 bits per heavy atom. The highest BCUT2D eigenvalue weighted by atomic mass is 16.5. The molecule has 1 radical (unpaired) electrons. The minimum atomic E-state index is -0.282. The minimum Gasteiger partial charge on any atom is -0.454 e. The van der Waals surface area contributed by atoms with E-state index in [-0.39, 0.29) is 12.1 Å². The molecule has 0 aliphatic heterocycles. The number of pyridine rings is 1. The van der Waals surface area contributed by atoms with Gasteiger partial charge in [0.1, 0.15) is 18.1 Å². The smallest absolute Gasteiger partial charge is 0.316 e. The highest BCUT2D eigenvalue weighted by Crippen LogP contribution is 2.19. The standard InChI is InChI=1S/C15H13N4O2/c1-10-4-3-5-14(18-10)12-8-16-15(17-9-12)21-11(2)13-6-7-20-19-13/h3-9,11H,1H2,2H3. The largest absolute Gasteiger partial charge is 0.454 e. The van der Waals surface area contributed by atoms with E-state index in [4.69, 9.17) is 9.26 Å². The Labute approximate surface area is 121 Å². The van der Waals surface area contributed by atoms with E-state index in [1.807, 2.05) is 25.1 Å². The zero-order chi connectivity index (χ0) is 14.7. The van der Waals surface area contributed by atoms with Crippen LogP contribution in [0.1, 0.15) is 24.4 Å². The van der Waals surface area contributed by atoms with Gasteiger partial charge in [-0.2, -0.15) is 0 Å². The molecule has 0 fully saturated rings. The molecule has 1 atom stereocenters. The Hall–Kier alpha value is -2.76. The van der Waals surface area contributed by atoms with Crippen molar-refractivity contribution in [1.29, 1.82) is 0 Å². The molecule has 21 heavy (non-hydrogen) atoms. The Balaban J connectivity index is 1.75. The van der Waals surface area contributed by atoms with Gasteiger partial charge in [-0.05, 0) is 26.0 Å². The molecule has 3 aromatic rings. The molecule has 0 saturated carbocycles. The summed E-state index contributed by atoms with van der Waals surface area (Å²) in [6.45, 7) is 5.65. The van der Waals surface area contributed by atoms with Crippen molar-refractivity contribution >= 4 is 0 Å². The summed E-state index contributed by atoms with van der Waals surface area (Å²) >= 11 is 0. The maximum atomic E-state index is 5.60. The van der Waals surface area contributed by atoms with E-state index in [9.17, 15) is 0 Å². The fraction of sp³-hybridized carbons (Fsp3) is 0.133. The van der Waals surface area contributed by atoms with Crippen molar-refractivity contribution in [3.05, 3.63) is 61.2 Å². The molecule has 0 aliphatic carbocycles. The van der Waals surface area contributed by atoms with Crippen LogP contribution in [0.4, 0.5) is 0 Å². The topological polar surface area (TPSA) is 73.9 Å². The van der Waals surface area contributed by atoms with Gasteiger partial charge in [0.25, 0.3) is 0 Å². The third-order valence-electron chi connectivity index (χ3n) is 2.89. The summed E-state index contributed by atoms with van der Waals surface area (Å²) < 4.78 is 10.4. The van der Waals surface area contributed by atoms with Gasteiger partial charge in [-0.3, -0.25) is 4.98 Å². The summed E-state index contributed by atoms with van der Waals surface area (Å²) in [6.07, 6.45) is 4.55. The molecule has 6 heteroatoms. The molecule has 1 unspecified atom stereocenters. The predicted molar refractivity (Wildman–Crippen MR) is 75.3 cm³/mol. The number of nitrogens with zero attached hydrogens (tertiary/aromatic N) is 4. The second kappa shape index (κ2) is 5.70. The average molecular weight is 281 g/mol. The second-order valence-electron chi connectivity index (χ2n) is 4.45. The van der Waals surface area contributed by atoms with Crippen LogP contribution in [-0.2, 0) is 0 Å². The zero-order valence-corrected chi connectivity index (χ0v) is 11.4. The molecule has 3 heterocycles. The van der Waals surface area contributed by atoms with E-state index in [0.29, 0.717) is 11.4 Å². The molecular formula is C15H13N4O2. The number of aromatic nitrogens is 4. The normalized spacial score (nSPS) is 12.1. The van der Waals surface area contributed by atoms with Crippen molar-refractivity contribution in [2.45, 2.75) is 13.0 Å². The first-order valence-electron chi connectivity index (χ1n) is 6.41. The summed E-state index contributed by atoms with van der Waals surface area (Å²) in [5, 5.41) is 3.81. The van der Waals surface area contributed by atoms with Gasteiger partial charge in [0.2, 0.25) is 0 Å². The molecule has 0 saturated heterocycles. The average Bonchev–Trinajstić information content (AvgIpc) is 3.02. The van der Waals surface area contributed by atoms with Crippen LogP contribution in [0.25, 0.3) is 11.3 Å². The molecule has 0 N–H and O–H groups in total. The molecule has 0 aromatic carbocycles. The Bertz CT molecular complexity index is 711. The molecule has 3 rings (SSSR count). The van der Waals surface area contributed by atoms with Crippen molar-refractivity contribution in [1.82, 2.24) is 20.1 Å². The van der Waals surface area contributed by atoms with E-state index >= 15 is 0 Å². The highest BCUT2D eigenvalue weighted by Gasteiger charge is 2.12. The molecule has 6 nitrogen and oxygen atoms in total. The molecule has 0 amide bonds. The van der Waals surface area contributed by atoms with E-state index in [0.717, 1.165) is 11.3 Å². The molecule has 0 spiro atoms. The lowest BCUT2D eigenvalue weighted by molar-refractivity contribution is 0.196. The van der Waals surface area contributed by atoms with Crippen molar-refractivity contribution in [3.63, 3.8) is 0 Å². The maximum absolute atomic E-state index is 5.60. The van der Waals surface area contributed by atoms with Gasteiger partial charge in [0, 0.05) is 29.7 Å². The fourth-order valence-electron chi connectivity index (χ4n) is 1.80. The predicted octanol–water partition coefficient (Wildman–Crippen LogP) is 2.85. The Morgan fingerprint density at radius 3 is 2.67 bits per heavy atom. The van der Waals surface area contributed by atoms with E-state index in [1.165, 1.54) is 6.26 Å². The van der Waals surface area contributed by atoms with Crippen molar-refractivity contribution in [2.24, 2.45) is 0 Å². The van der Waals surface area contributed by atoms with Gasteiger partial charge in [-0.25, -0.2) is 9.97 Å². The Kier molecular flexibility index (Phi) is 3.59. The van der Waals surface area contributed by atoms with Gasteiger partial charge in [0.15, 0.2) is 0 Å². The number of hydrogen-bond donors (Lipinski definition) is 0. The molecular weight excluding hydrogens is 268 g/mol. The van der Waals surface area contributed by atoms with Gasteiger partial charge in [-0.15, -0.1) is 0 Å². The van der Waals surface area contributed by atoms with Crippen molar-refractivity contribution in [3.8, 4) is 17.3 Å². The van der Waals surface area contributed by atoms with Crippen molar-refractivity contribution < 1.29 is 9.26 Å². The summed E-state index contributed by atoms with van der Waals surface area (Å²) in [5.41, 5.74) is 2.97. The minimum absolute atomic E-state index is 0.278. The van der Waals surface area contributed by atoms with Crippen LogP contribution in [0, 0.1) is 6.92 Å². The van der Waals surface area contributed by atoms with E-state index in [2.05, 4.69) is 27.0 Å². The lowest BCUT2D eigenvalue weighted by atomic mass is 10.2. The second-order valence-corrected chi connectivity index (χ2v) is 4.45. The molecule has 0 aliphatic rings. The first-order valence-corrected chi connectivity index (χ1v) is 6.41. The fourth-order valence-corrected chi connectivity index (χ4v) is 1.80. The van der Waals surface area contributed by atoms with Crippen molar-refractivity contribution in [2.75, 3.05) is 0 Å². The molecule has 105 valence electrons. The van der Waals surface area contributed by atoms with Gasteiger partial charge in [0.05, 0.1) is 5.69 Å². The third-order valence-corrected chi connectivity index (χ3v) is 2.89. The quantitative estimate of drug-likeness (QED) is 0.732. The van der Waals surface area contributed by atoms with Crippen LogP contribution in [-0.4, -0.2) is 20.1 Å². The van der Waals surface area contributed by atoms with E-state index in [1.54, 1.807) is 18.5 Å². The van der Waals surface area contributed by atoms with Gasteiger partial charge < -0.3 is 9.26 Å². The third kappa shape index (κ3) is 3.05. The lowest BCUT2D eigenvalue weighted by Crippen LogP contribution is -2.06. The number of hydrogen-bond acceptors (Lipinski definition) is 6. The first-order chi connectivity index (χ1) is 10.2. The molecule has 0 bridgehead atoms. The van der Waals surface area contributed by atoms with Crippen LogP contribution < -0.4 is 4.74 Å². The monoisotopic (exact) mass is 281 g/mol. The van der Waals surface area contributed by atoms with Crippen LogP contribution >= 0.6 is 0 Å². The van der Waals surface area contributed by atoms with Crippen LogP contribution in [0.3, 0.4) is 0 Å². The molecule has 3 aromatic heterocycles. The van der Waals surface area contributed by atoms with Crippen LogP contribution in [0.5, 0.6) is 6.01 Å². The summed E-state index contributed by atoms with van der Waals surface area (Å²) in [5.74, 6) is 0. The lowest BCUT2D eigenvalue weighted by Gasteiger charge is -2.10. The summed E-state index contributed by atoms with van der Waals surface area (Å²) in [4.78, 5) is 12.7. The maximum Gasteiger partial charge on any atom is 0.316 e. The summed E-state index contributed by atoms with van der Waals surface area (Å²) in [7, 11) is 0. The number of ether oxygens (including phenoxy) is 1.